The molecule has 0 bridgehead atoms. The van der Waals surface area contributed by atoms with Crippen LogP contribution in [0.5, 0.6) is 5.75 Å². The van der Waals surface area contributed by atoms with Crippen LogP contribution in [-0.2, 0) is 20.2 Å². The fourth-order valence-corrected chi connectivity index (χ4v) is 2.87. The van der Waals surface area contributed by atoms with E-state index in [0.717, 1.165) is 28.3 Å². The SMILES string of the molecule is Cc1cc(OCc2cccc(Cl)c2)ccc1NC(=O)N(C)Cc1cn(C)nn1. The highest BCUT2D eigenvalue weighted by Gasteiger charge is 2.13. The summed E-state index contributed by atoms with van der Waals surface area (Å²) in [5.74, 6) is 0.725. The third-order valence-corrected chi connectivity index (χ3v) is 4.37. The predicted octanol–water partition coefficient (Wildman–Crippen LogP) is 4.02. The number of hydrogen-bond donors (Lipinski definition) is 1. The summed E-state index contributed by atoms with van der Waals surface area (Å²) in [5.41, 5.74) is 3.35. The Labute approximate surface area is 168 Å². The van der Waals surface area contributed by atoms with E-state index in [1.165, 1.54) is 0 Å². The minimum absolute atomic E-state index is 0.221. The first-order chi connectivity index (χ1) is 13.4. The number of aryl methyl sites for hydroxylation is 2. The second-order valence-electron chi connectivity index (χ2n) is 6.57. The molecule has 0 saturated carbocycles. The van der Waals surface area contributed by atoms with Crippen LogP contribution >= 0.6 is 11.6 Å². The Balaban J connectivity index is 1.58. The van der Waals surface area contributed by atoms with Gasteiger partial charge >= 0.3 is 6.03 Å². The Morgan fingerprint density at radius 1 is 1.29 bits per heavy atom. The number of carbonyl (C=O) groups excluding carboxylic acids is 1. The quantitative estimate of drug-likeness (QED) is 0.679. The van der Waals surface area contributed by atoms with Crippen molar-refractivity contribution in [3.8, 4) is 5.75 Å². The molecule has 1 aromatic heterocycles. The fourth-order valence-electron chi connectivity index (χ4n) is 2.65. The standard InChI is InChI=1S/C20H22ClN5O2/c1-14-9-18(28-13-15-5-4-6-16(21)10-15)7-8-19(14)22-20(27)25(2)11-17-12-26(3)24-23-17/h4-10,12H,11,13H2,1-3H3,(H,22,27). The number of aromatic nitrogens is 3. The summed E-state index contributed by atoms with van der Waals surface area (Å²) < 4.78 is 7.42. The van der Waals surface area contributed by atoms with Crippen LogP contribution in [0.3, 0.4) is 0 Å². The van der Waals surface area contributed by atoms with Gasteiger partial charge in [-0.25, -0.2) is 4.79 Å². The Morgan fingerprint density at radius 2 is 2.11 bits per heavy atom. The maximum Gasteiger partial charge on any atom is 0.321 e. The molecule has 1 N–H and O–H groups in total. The highest BCUT2D eigenvalue weighted by molar-refractivity contribution is 6.30. The van der Waals surface area contributed by atoms with Crippen LogP contribution in [0.25, 0.3) is 0 Å². The van der Waals surface area contributed by atoms with E-state index in [4.69, 9.17) is 16.3 Å². The van der Waals surface area contributed by atoms with Crippen LogP contribution in [-0.4, -0.2) is 33.0 Å². The van der Waals surface area contributed by atoms with E-state index in [-0.39, 0.29) is 6.03 Å². The number of hydrogen-bond acceptors (Lipinski definition) is 4. The van der Waals surface area contributed by atoms with Crippen molar-refractivity contribution >= 4 is 23.3 Å². The summed E-state index contributed by atoms with van der Waals surface area (Å²) in [7, 11) is 3.50. The van der Waals surface area contributed by atoms with Gasteiger partial charge in [-0.3, -0.25) is 4.68 Å². The van der Waals surface area contributed by atoms with Crippen LogP contribution in [0.2, 0.25) is 5.02 Å². The van der Waals surface area contributed by atoms with Gasteiger partial charge < -0.3 is 15.0 Å². The molecule has 0 aliphatic rings. The van der Waals surface area contributed by atoms with Crippen LogP contribution in [0.15, 0.2) is 48.7 Å². The number of rotatable bonds is 6. The molecule has 1 heterocycles. The third-order valence-electron chi connectivity index (χ3n) is 4.13. The Kier molecular flexibility index (Phi) is 6.16. The van der Waals surface area contributed by atoms with Crippen LogP contribution < -0.4 is 10.1 Å². The number of nitrogens with one attached hydrogen (secondary N) is 1. The van der Waals surface area contributed by atoms with Crippen LogP contribution in [0.4, 0.5) is 10.5 Å². The van der Waals surface area contributed by atoms with Gasteiger partial charge in [0.05, 0.1) is 6.54 Å². The fraction of sp³-hybridized carbons (Fsp3) is 0.250. The summed E-state index contributed by atoms with van der Waals surface area (Å²) in [5, 5.41) is 11.4. The first-order valence-electron chi connectivity index (χ1n) is 8.76. The second kappa shape index (κ2) is 8.75. The summed E-state index contributed by atoms with van der Waals surface area (Å²) in [6.07, 6.45) is 1.78. The number of halogens is 1. The van der Waals surface area contributed by atoms with Crippen molar-refractivity contribution in [3.63, 3.8) is 0 Å². The van der Waals surface area contributed by atoms with Crippen LogP contribution in [0.1, 0.15) is 16.8 Å². The van der Waals surface area contributed by atoms with Gasteiger partial charge in [0.15, 0.2) is 0 Å². The van der Waals surface area contributed by atoms with Crippen molar-refractivity contribution in [1.29, 1.82) is 0 Å². The first-order valence-corrected chi connectivity index (χ1v) is 9.14. The molecule has 28 heavy (non-hydrogen) atoms. The Bertz CT molecular complexity index is 973. The molecule has 8 heteroatoms. The lowest BCUT2D eigenvalue weighted by Crippen LogP contribution is -2.31. The summed E-state index contributed by atoms with van der Waals surface area (Å²) >= 11 is 5.99. The van der Waals surface area contributed by atoms with Gasteiger partial charge in [0, 0.05) is 31.0 Å². The zero-order valence-electron chi connectivity index (χ0n) is 16.0. The van der Waals surface area contributed by atoms with Crippen molar-refractivity contribution in [3.05, 3.63) is 70.5 Å². The Morgan fingerprint density at radius 3 is 2.79 bits per heavy atom. The molecule has 2 amide bonds. The zero-order valence-corrected chi connectivity index (χ0v) is 16.8. The molecule has 0 saturated heterocycles. The van der Waals surface area contributed by atoms with Gasteiger partial charge in [-0.1, -0.05) is 28.9 Å². The lowest BCUT2D eigenvalue weighted by Gasteiger charge is -2.18. The smallest absolute Gasteiger partial charge is 0.321 e. The molecule has 3 rings (SSSR count). The van der Waals surface area contributed by atoms with Crippen molar-refractivity contribution in [2.24, 2.45) is 7.05 Å². The molecule has 3 aromatic rings. The van der Waals surface area contributed by atoms with E-state index in [1.54, 1.807) is 29.9 Å². The average Bonchev–Trinajstić information content (AvgIpc) is 3.06. The minimum Gasteiger partial charge on any atom is -0.489 e. The maximum absolute atomic E-state index is 12.4. The van der Waals surface area contributed by atoms with E-state index in [0.29, 0.717) is 18.2 Å². The van der Waals surface area contributed by atoms with Crippen LogP contribution in [0, 0.1) is 6.92 Å². The number of ether oxygens (including phenoxy) is 1. The summed E-state index contributed by atoms with van der Waals surface area (Å²) in [6.45, 7) is 2.72. The number of nitrogens with zero attached hydrogens (tertiary/aromatic N) is 4. The third kappa shape index (κ3) is 5.23. The molecule has 0 fully saturated rings. The highest BCUT2D eigenvalue weighted by atomic mass is 35.5. The molecule has 2 aromatic carbocycles. The van der Waals surface area contributed by atoms with Gasteiger partial charge in [0.2, 0.25) is 0 Å². The lowest BCUT2D eigenvalue weighted by molar-refractivity contribution is 0.220. The molecule has 146 valence electrons. The lowest BCUT2D eigenvalue weighted by atomic mass is 10.2. The molecule has 0 radical (unpaired) electrons. The normalized spacial score (nSPS) is 10.6. The molecule has 0 unspecified atom stereocenters. The molecular weight excluding hydrogens is 378 g/mol. The summed E-state index contributed by atoms with van der Waals surface area (Å²) in [4.78, 5) is 14.0. The van der Waals surface area contributed by atoms with E-state index < -0.39 is 0 Å². The first kappa shape index (κ1) is 19.7. The number of urea groups is 1. The van der Waals surface area contributed by atoms with Gasteiger partial charge in [-0.2, -0.15) is 0 Å². The summed E-state index contributed by atoms with van der Waals surface area (Å²) in [6, 6.07) is 12.9. The van der Waals surface area contributed by atoms with Crippen molar-refractivity contribution < 1.29 is 9.53 Å². The van der Waals surface area contributed by atoms with Gasteiger partial charge in [-0.05, 0) is 48.4 Å². The predicted molar refractivity (Wildman–Crippen MR) is 108 cm³/mol. The zero-order chi connectivity index (χ0) is 20.1. The van der Waals surface area contributed by atoms with E-state index in [9.17, 15) is 4.79 Å². The van der Waals surface area contributed by atoms with E-state index >= 15 is 0 Å². The second-order valence-corrected chi connectivity index (χ2v) is 7.00. The number of anilines is 1. The monoisotopic (exact) mass is 399 g/mol. The molecule has 0 atom stereocenters. The maximum atomic E-state index is 12.4. The van der Waals surface area contributed by atoms with Gasteiger partial charge in [0.1, 0.15) is 18.1 Å². The van der Waals surface area contributed by atoms with E-state index in [2.05, 4.69) is 15.6 Å². The number of benzene rings is 2. The average molecular weight is 400 g/mol. The molecule has 0 spiro atoms. The molecule has 7 nitrogen and oxygen atoms in total. The van der Waals surface area contributed by atoms with Gasteiger partial charge in [-0.15, -0.1) is 5.10 Å². The molecule has 0 aliphatic heterocycles. The van der Waals surface area contributed by atoms with Crippen molar-refractivity contribution in [1.82, 2.24) is 19.9 Å². The minimum atomic E-state index is -0.221. The molecular formula is C20H22ClN5O2. The Hall–Kier alpha value is -3.06. The number of amides is 2. The molecule has 0 aliphatic carbocycles. The highest BCUT2D eigenvalue weighted by Crippen LogP contribution is 2.23. The van der Waals surface area contributed by atoms with E-state index in [1.807, 2.05) is 49.4 Å². The largest absolute Gasteiger partial charge is 0.489 e. The number of carbonyl (C=O) groups is 1. The van der Waals surface area contributed by atoms with Crippen molar-refractivity contribution in [2.75, 3.05) is 12.4 Å². The van der Waals surface area contributed by atoms with Gasteiger partial charge in [0.25, 0.3) is 0 Å². The topological polar surface area (TPSA) is 72.3 Å². The van der Waals surface area contributed by atoms with Crippen molar-refractivity contribution in [2.45, 2.75) is 20.1 Å².